The van der Waals surface area contributed by atoms with Crippen molar-refractivity contribution in [1.29, 1.82) is 0 Å². The summed E-state index contributed by atoms with van der Waals surface area (Å²) in [7, 11) is 0. The predicted octanol–water partition coefficient (Wildman–Crippen LogP) is 6.15. The summed E-state index contributed by atoms with van der Waals surface area (Å²) in [5.41, 5.74) is 2.33. The molecule has 0 amide bonds. The average Bonchev–Trinajstić information content (AvgIpc) is 2.60. The minimum atomic E-state index is 0. The van der Waals surface area contributed by atoms with Crippen LogP contribution in [0.5, 0.6) is 11.6 Å². The second kappa shape index (κ2) is 9.54. The van der Waals surface area contributed by atoms with Gasteiger partial charge in [0.2, 0.25) is 5.88 Å². The van der Waals surface area contributed by atoms with Crippen molar-refractivity contribution < 1.29 is 24.2 Å². The topological polar surface area (TPSA) is 22.1 Å². The molecule has 1 aromatic heterocycles. The quantitative estimate of drug-likeness (QED) is 0.347. The first-order valence-electron chi connectivity index (χ1n) is 8.48. The number of aromatic nitrogens is 1. The van der Waals surface area contributed by atoms with Crippen LogP contribution in [-0.2, 0) is 25.9 Å². The molecule has 0 spiro atoms. The standard InChI is InChI=1S/C21H23NO.Ru/c1-2-3-4-5-8-17-11-14-19(15-12-17)23-21-16-13-18-9-6-7-10-20(18)22-21;/h6-7,9-16H,2-5,8H2,1H3;/q;+3. The molecule has 0 aliphatic heterocycles. The van der Waals surface area contributed by atoms with Gasteiger partial charge in [0, 0.05) is 11.5 Å². The number of rotatable bonds is 7. The van der Waals surface area contributed by atoms with Gasteiger partial charge in [-0.2, -0.15) is 0 Å². The molecule has 2 nitrogen and oxygen atoms in total. The van der Waals surface area contributed by atoms with Crippen molar-refractivity contribution in [1.82, 2.24) is 4.98 Å². The third-order valence-corrected chi connectivity index (χ3v) is 4.04. The van der Waals surface area contributed by atoms with Gasteiger partial charge in [-0.3, -0.25) is 0 Å². The van der Waals surface area contributed by atoms with Crippen molar-refractivity contribution in [3.63, 3.8) is 0 Å². The van der Waals surface area contributed by atoms with E-state index in [1.165, 1.54) is 31.2 Å². The van der Waals surface area contributed by atoms with Crippen LogP contribution in [-0.4, -0.2) is 4.98 Å². The molecule has 1 radical (unpaired) electrons. The summed E-state index contributed by atoms with van der Waals surface area (Å²) >= 11 is 0. The maximum Gasteiger partial charge on any atom is 3.00 e. The SMILES string of the molecule is CCCCCCc1ccc(Oc2ccc3ccccc3n2)cc1.[Ru+3]. The number of hydrogen-bond acceptors (Lipinski definition) is 2. The van der Waals surface area contributed by atoms with E-state index in [-0.39, 0.29) is 19.5 Å². The molecule has 0 N–H and O–H groups in total. The average molecular weight is 406 g/mol. The second-order valence-corrected chi connectivity index (χ2v) is 5.90. The molecule has 0 saturated carbocycles. The number of fused-ring (bicyclic) bond motifs is 1. The number of unbranched alkanes of at least 4 members (excludes halogenated alkanes) is 3. The Kier molecular flexibility index (Phi) is 7.40. The third-order valence-electron chi connectivity index (χ3n) is 4.04. The van der Waals surface area contributed by atoms with E-state index in [0.29, 0.717) is 5.88 Å². The molecule has 0 atom stereocenters. The van der Waals surface area contributed by atoms with Gasteiger partial charge in [0.15, 0.2) is 0 Å². The number of para-hydroxylation sites is 1. The summed E-state index contributed by atoms with van der Waals surface area (Å²) in [4.78, 5) is 4.54. The molecule has 123 valence electrons. The summed E-state index contributed by atoms with van der Waals surface area (Å²) in [6, 6.07) is 20.4. The van der Waals surface area contributed by atoms with Gasteiger partial charge in [-0.25, -0.2) is 4.98 Å². The molecule has 24 heavy (non-hydrogen) atoms. The first kappa shape index (κ1) is 18.6. The van der Waals surface area contributed by atoms with Crippen LogP contribution in [0.3, 0.4) is 0 Å². The van der Waals surface area contributed by atoms with E-state index in [4.69, 9.17) is 4.74 Å². The number of ether oxygens (including phenoxy) is 1. The molecule has 3 aromatic rings. The number of aryl methyl sites for hydroxylation is 1. The number of nitrogens with zero attached hydrogens (tertiary/aromatic N) is 1. The van der Waals surface area contributed by atoms with E-state index < -0.39 is 0 Å². The molecular weight excluding hydrogens is 383 g/mol. The van der Waals surface area contributed by atoms with Gasteiger partial charge in [-0.15, -0.1) is 0 Å². The summed E-state index contributed by atoms with van der Waals surface area (Å²) in [5.74, 6) is 1.48. The Balaban J connectivity index is 0.00000208. The molecule has 0 aliphatic rings. The Bertz CT molecular complexity index is 755. The first-order valence-corrected chi connectivity index (χ1v) is 8.48. The Labute approximate surface area is 157 Å². The summed E-state index contributed by atoms with van der Waals surface area (Å²) in [6.07, 6.45) is 6.34. The van der Waals surface area contributed by atoms with E-state index >= 15 is 0 Å². The van der Waals surface area contributed by atoms with Crippen LogP contribution in [0.15, 0.2) is 60.7 Å². The normalized spacial score (nSPS) is 10.4. The maximum atomic E-state index is 5.87. The van der Waals surface area contributed by atoms with Crippen molar-refractivity contribution in [2.45, 2.75) is 39.0 Å². The predicted molar refractivity (Wildman–Crippen MR) is 96.1 cm³/mol. The van der Waals surface area contributed by atoms with E-state index in [1.54, 1.807) is 0 Å². The van der Waals surface area contributed by atoms with E-state index in [0.717, 1.165) is 23.1 Å². The van der Waals surface area contributed by atoms with Crippen LogP contribution in [0.2, 0.25) is 0 Å². The summed E-state index contributed by atoms with van der Waals surface area (Å²) in [5, 5.41) is 1.13. The maximum absolute atomic E-state index is 5.87. The largest absolute Gasteiger partial charge is 3.00 e. The van der Waals surface area contributed by atoms with Gasteiger partial charge in [0.05, 0.1) is 5.52 Å². The molecular formula is C21H23NORu+3. The van der Waals surface area contributed by atoms with Crippen LogP contribution in [0.25, 0.3) is 10.9 Å². The van der Waals surface area contributed by atoms with E-state index in [1.807, 2.05) is 42.5 Å². The molecule has 0 aliphatic carbocycles. The smallest absolute Gasteiger partial charge is 0.439 e. The van der Waals surface area contributed by atoms with Crippen LogP contribution >= 0.6 is 0 Å². The van der Waals surface area contributed by atoms with Crippen LogP contribution < -0.4 is 4.74 Å². The molecule has 0 unspecified atom stereocenters. The van der Waals surface area contributed by atoms with Crippen molar-refractivity contribution in [3.05, 3.63) is 66.2 Å². The van der Waals surface area contributed by atoms with Gasteiger partial charge in [0.1, 0.15) is 5.75 Å². The van der Waals surface area contributed by atoms with Gasteiger partial charge in [0.25, 0.3) is 0 Å². The minimum Gasteiger partial charge on any atom is -0.439 e. The number of pyridine rings is 1. The Morgan fingerprint density at radius 1 is 0.833 bits per heavy atom. The fourth-order valence-electron chi connectivity index (χ4n) is 2.70. The zero-order chi connectivity index (χ0) is 15.9. The van der Waals surface area contributed by atoms with Crippen molar-refractivity contribution >= 4 is 10.9 Å². The second-order valence-electron chi connectivity index (χ2n) is 5.90. The zero-order valence-corrected chi connectivity index (χ0v) is 15.8. The molecule has 3 rings (SSSR count). The summed E-state index contributed by atoms with van der Waals surface area (Å²) < 4.78 is 5.87. The number of hydrogen-bond donors (Lipinski definition) is 0. The minimum absolute atomic E-state index is 0. The molecule has 0 saturated heterocycles. The van der Waals surface area contributed by atoms with Crippen LogP contribution in [0, 0.1) is 0 Å². The van der Waals surface area contributed by atoms with Crippen molar-refractivity contribution in [3.8, 4) is 11.6 Å². The first-order chi connectivity index (χ1) is 11.3. The Morgan fingerprint density at radius 3 is 2.42 bits per heavy atom. The van der Waals surface area contributed by atoms with Gasteiger partial charge < -0.3 is 4.74 Å². The van der Waals surface area contributed by atoms with Crippen LogP contribution in [0.1, 0.15) is 38.2 Å². The molecule has 1 heterocycles. The number of benzene rings is 2. The van der Waals surface area contributed by atoms with E-state index in [2.05, 4.69) is 30.1 Å². The van der Waals surface area contributed by atoms with Crippen molar-refractivity contribution in [2.24, 2.45) is 0 Å². The summed E-state index contributed by atoms with van der Waals surface area (Å²) in [6.45, 7) is 2.24. The Hall–Kier alpha value is -1.73. The molecule has 3 heteroatoms. The fraction of sp³-hybridized carbons (Fsp3) is 0.286. The fourth-order valence-corrected chi connectivity index (χ4v) is 2.70. The monoisotopic (exact) mass is 407 g/mol. The molecule has 0 fully saturated rings. The third kappa shape index (κ3) is 5.14. The molecule has 2 aromatic carbocycles. The van der Waals surface area contributed by atoms with Gasteiger partial charge in [-0.1, -0.05) is 56.5 Å². The van der Waals surface area contributed by atoms with Crippen molar-refractivity contribution in [2.75, 3.05) is 0 Å². The Morgan fingerprint density at radius 2 is 1.62 bits per heavy atom. The van der Waals surface area contributed by atoms with Gasteiger partial charge in [-0.05, 0) is 42.7 Å². The molecule has 0 bridgehead atoms. The van der Waals surface area contributed by atoms with Crippen LogP contribution in [0.4, 0.5) is 0 Å². The van der Waals surface area contributed by atoms with E-state index in [9.17, 15) is 0 Å². The zero-order valence-electron chi connectivity index (χ0n) is 14.0. The van der Waals surface area contributed by atoms with Gasteiger partial charge >= 0.3 is 19.5 Å².